The molecule has 0 saturated carbocycles. The van der Waals surface area contributed by atoms with Crippen molar-refractivity contribution in [2.24, 2.45) is 5.92 Å². The average Bonchev–Trinajstić information content (AvgIpc) is 2.68. The Morgan fingerprint density at radius 3 is 2.42 bits per heavy atom. The van der Waals surface area contributed by atoms with Crippen LogP contribution in [0.15, 0.2) is 24.3 Å². The molecule has 0 amide bonds. The molecule has 6 atom stereocenters. The van der Waals surface area contributed by atoms with Crippen molar-refractivity contribution in [2.75, 3.05) is 7.11 Å². The number of cyclic esters (lactones) is 1. The van der Waals surface area contributed by atoms with E-state index in [9.17, 15) is 9.90 Å². The minimum Gasteiger partial charge on any atom is -0.455 e. The van der Waals surface area contributed by atoms with Crippen molar-refractivity contribution >= 4 is 5.97 Å². The van der Waals surface area contributed by atoms with Crippen LogP contribution in [-0.2, 0) is 19.0 Å². The number of rotatable bonds is 3. The summed E-state index contributed by atoms with van der Waals surface area (Å²) in [6.45, 7) is 3.71. The van der Waals surface area contributed by atoms with Crippen molar-refractivity contribution in [1.29, 1.82) is 0 Å². The highest BCUT2D eigenvalue weighted by atomic mass is 16.6. The minimum atomic E-state index is -0.876. The molecule has 5 nitrogen and oxygen atoms in total. The molecular formula is C14H20O5. The number of allylic oxidation sites excluding steroid dienone is 2. The summed E-state index contributed by atoms with van der Waals surface area (Å²) in [5.41, 5.74) is 0. The molecule has 2 saturated heterocycles. The number of carbonyl (C=O) groups is 1. The summed E-state index contributed by atoms with van der Waals surface area (Å²) in [7, 11) is 1.49. The summed E-state index contributed by atoms with van der Waals surface area (Å²) in [4.78, 5) is 11.9. The highest BCUT2D eigenvalue weighted by Gasteiger charge is 2.56. The topological polar surface area (TPSA) is 65.0 Å². The third kappa shape index (κ3) is 2.45. The monoisotopic (exact) mass is 268 g/mol. The number of ether oxygens (including phenoxy) is 3. The van der Waals surface area contributed by atoms with Gasteiger partial charge in [0.05, 0.1) is 0 Å². The van der Waals surface area contributed by atoms with E-state index < -0.39 is 36.4 Å². The highest BCUT2D eigenvalue weighted by molar-refractivity contribution is 5.77. The van der Waals surface area contributed by atoms with Gasteiger partial charge in [-0.25, -0.2) is 0 Å². The Balaban J connectivity index is 2.29. The fourth-order valence-corrected chi connectivity index (χ4v) is 2.74. The molecule has 0 spiro atoms. The van der Waals surface area contributed by atoms with Crippen molar-refractivity contribution < 1.29 is 24.1 Å². The number of aliphatic hydroxyl groups excluding tert-OH is 1. The third-order valence-corrected chi connectivity index (χ3v) is 3.58. The molecule has 0 unspecified atom stereocenters. The highest BCUT2D eigenvalue weighted by Crippen LogP contribution is 2.37. The van der Waals surface area contributed by atoms with Crippen molar-refractivity contribution in [3.63, 3.8) is 0 Å². The molecule has 0 aromatic carbocycles. The first kappa shape index (κ1) is 14.2. The Bertz CT molecular complexity index is 389. The van der Waals surface area contributed by atoms with Crippen molar-refractivity contribution in [2.45, 2.75) is 44.4 Å². The minimum absolute atomic E-state index is 0.377. The van der Waals surface area contributed by atoms with Crippen LogP contribution < -0.4 is 0 Å². The number of methoxy groups -OCH3 is 1. The second-order valence-electron chi connectivity index (χ2n) is 4.74. The van der Waals surface area contributed by atoms with Gasteiger partial charge in [-0.1, -0.05) is 18.2 Å². The van der Waals surface area contributed by atoms with Crippen LogP contribution in [0.5, 0.6) is 0 Å². The molecule has 0 bridgehead atoms. The lowest BCUT2D eigenvalue weighted by atomic mass is 9.86. The van der Waals surface area contributed by atoms with Gasteiger partial charge in [-0.2, -0.15) is 0 Å². The van der Waals surface area contributed by atoms with Gasteiger partial charge in [0.25, 0.3) is 0 Å². The number of aliphatic hydroxyl groups is 1. The van der Waals surface area contributed by atoms with E-state index >= 15 is 0 Å². The van der Waals surface area contributed by atoms with Crippen LogP contribution in [0.2, 0.25) is 0 Å². The second-order valence-corrected chi connectivity index (χ2v) is 4.74. The van der Waals surface area contributed by atoms with Gasteiger partial charge in [0.2, 0.25) is 0 Å². The average molecular weight is 268 g/mol. The SMILES string of the molecule is C/C=C/[C@@H]1OC(=O)[C@H]2[C@H](OC)[C@@H](O)[C@@H](/C=C/C)O[C@H]21. The first-order valence-corrected chi connectivity index (χ1v) is 6.46. The summed E-state index contributed by atoms with van der Waals surface area (Å²) in [5.74, 6) is -0.958. The maximum absolute atomic E-state index is 11.9. The number of esters is 1. The quantitative estimate of drug-likeness (QED) is 0.606. The molecule has 0 radical (unpaired) electrons. The van der Waals surface area contributed by atoms with E-state index in [1.54, 1.807) is 12.2 Å². The van der Waals surface area contributed by atoms with Crippen molar-refractivity contribution in [1.82, 2.24) is 0 Å². The lowest BCUT2D eigenvalue weighted by molar-refractivity contribution is -0.187. The molecule has 106 valence electrons. The fraction of sp³-hybridized carbons (Fsp3) is 0.643. The first-order chi connectivity index (χ1) is 9.13. The molecule has 2 aliphatic heterocycles. The molecule has 0 aliphatic carbocycles. The van der Waals surface area contributed by atoms with E-state index in [-0.39, 0.29) is 5.97 Å². The van der Waals surface area contributed by atoms with E-state index in [4.69, 9.17) is 14.2 Å². The van der Waals surface area contributed by atoms with Gasteiger partial charge >= 0.3 is 5.97 Å². The maximum Gasteiger partial charge on any atom is 0.315 e. The Morgan fingerprint density at radius 2 is 1.84 bits per heavy atom. The first-order valence-electron chi connectivity index (χ1n) is 6.46. The molecule has 1 N–H and O–H groups in total. The third-order valence-electron chi connectivity index (χ3n) is 3.58. The normalized spacial score (nSPS) is 42.8. The number of fused-ring (bicyclic) bond motifs is 1. The van der Waals surface area contributed by atoms with E-state index in [1.165, 1.54) is 7.11 Å². The summed E-state index contributed by atoms with van der Waals surface area (Å²) in [6.07, 6.45) is 4.38. The summed E-state index contributed by atoms with van der Waals surface area (Å²) >= 11 is 0. The fourth-order valence-electron chi connectivity index (χ4n) is 2.74. The molecule has 0 aromatic rings. The molecule has 5 heteroatoms. The lowest BCUT2D eigenvalue weighted by Crippen LogP contribution is -2.55. The van der Waals surface area contributed by atoms with Gasteiger partial charge in [-0.15, -0.1) is 0 Å². The molecule has 2 heterocycles. The number of hydrogen-bond donors (Lipinski definition) is 1. The largest absolute Gasteiger partial charge is 0.455 e. The van der Waals surface area contributed by atoms with E-state index in [0.717, 1.165) is 0 Å². The summed E-state index contributed by atoms with van der Waals surface area (Å²) < 4.78 is 16.4. The molecule has 0 aromatic heterocycles. The molecular weight excluding hydrogens is 248 g/mol. The predicted octanol–water partition coefficient (Wildman–Crippen LogP) is 0.824. The molecule has 19 heavy (non-hydrogen) atoms. The van der Waals surface area contributed by atoms with Crippen LogP contribution in [0.25, 0.3) is 0 Å². The Hall–Kier alpha value is -1.17. The summed E-state index contributed by atoms with van der Waals surface area (Å²) in [6, 6.07) is 0. The lowest BCUT2D eigenvalue weighted by Gasteiger charge is -2.39. The van der Waals surface area contributed by atoms with Crippen LogP contribution in [0, 0.1) is 5.92 Å². The number of hydrogen-bond acceptors (Lipinski definition) is 5. The zero-order chi connectivity index (χ0) is 14.0. The van der Waals surface area contributed by atoms with Gasteiger partial charge in [0.1, 0.15) is 36.4 Å². The van der Waals surface area contributed by atoms with E-state index in [1.807, 2.05) is 26.0 Å². The Morgan fingerprint density at radius 1 is 1.21 bits per heavy atom. The maximum atomic E-state index is 11.9. The van der Waals surface area contributed by atoms with Crippen LogP contribution in [0.3, 0.4) is 0 Å². The molecule has 2 rings (SSSR count). The van der Waals surface area contributed by atoms with Gasteiger partial charge in [-0.05, 0) is 19.9 Å². The van der Waals surface area contributed by atoms with Gasteiger partial charge in [0.15, 0.2) is 0 Å². The van der Waals surface area contributed by atoms with Crippen LogP contribution in [0.4, 0.5) is 0 Å². The zero-order valence-corrected chi connectivity index (χ0v) is 11.4. The van der Waals surface area contributed by atoms with E-state index in [2.05, 4.69) is 0 Å². The van der Waals surface area contributed by atoms with E-state index in [0.29, 0.717) is 0 Å². The van der Waals surface area contributed by atoms with Gasteiger partial charge in [-0.3, -0.25) is 4.79 Å². The number of carbonyl (C=O) groups excluding carboxylic acids is 1. The van der Waals surface area contributed by atoms with Crippen LogP contribution in [-0.4, -0.2) is 48.7 Å². The Labute approximate surface area is 112 Å². The smallest absolute Gasteiger partial charge is 0.315 e. The van der Waals surface area contributed by atoms with Crippen molar-refractivity contribution in [3.05, 3.63) is 24.3 Å². The zero-order valence-electron chi connectivity index (χ0n) is 11.4. The second kappa shape index (κ2) is 5.86. The van der Waals surface area contributed by atoms with Crippen molar-refractivity contribution in [3.8, 4) is 0 Å². The standard InChI is InChI=1S/C14H20O5/c1-4-6-8-11(15)13(17-3)10-12(18-8)9(7-5-2)19-14(10)16/h4-13,15H,1-3H3/b6-4+,7-5+/t8-,9+,10-,11+,12+,13+/m1/s1. The van der Waals surface area contributed by atoms with Gasteiger partial charge in [0, 0.05) is 7.11 Å². The Kier molecular flexibility index (Phi) is 4.39. The molecule has 2 fully saturated rings. The molecule has 2 aliphatic rings. The van der Waals surface area contributed by atoms with Crippen LogP contribution in [0.1, 0.15) is 13.8 Å². The van der Waals surface area contributed by atoms with Gasteiger partial charge < -0.3 is 19.3 Å². The summed E-state index contributed by atoms with van der Waals surface area (Å²) in [5, 5.41) is 10.2. The predicted molar refractivity (Wildman–Crippen MR) is 68.5 cm³/mol. The van der Waals surface area contributed by atoms with Crippen LogP contribution >= 0.6 is 0 Å².